The van der Waals surface area contributed by atoms with Crippen molar-refractivity contribution in [3.8, 4) is 0 Å². The van der Waals surface area contributed by atoms with Crippen LogP contribution in [0.5, 0.6) is 0 Å². The summed E-state index contributed by atoms with van der Waals surface area (Å²) in [4.78, 5) is 11.9. The number of methoxy groups -OCH3 is 1. The second-order valence-corrected chi connectivity index (χ2v) is 13.1. The fourth-order valence-electron chi connectivity index (χ4n) is 3.10. The van der Waals surface area contributed by atoms with Gasteiger partial charge in [-0.3, -0.25) is 4.79 Å². The number of hydrogen-bond acceptors (Lipinski definition) is 3. The second kappa shape index (κ2) is 6.82. The molecule has 0 heterocycles. The number of ether oxygens (including phenoxy) is 1. The maximum absolute atomic E-state index is 11.9. The minimum Gasteiger partial charge on any atom is -0.469 e. The summed E-state index contributed by atoms with van der Waals surface area (Å²) >= 11 is 0. The van der Waals surface area contributed by atoms with Crippen molar-refractivity contribution in [3.63, 3.8) is 0 Å². The average molecular weight is 315 g/mol. The SMILES string of the molecule is COC(=O)[C@H](C)[C@H]1CC[C@H](C)[C@H]1CO[Si](C)(C)C(C)(C)C. The van der Waals surface area contributed by atoms with E-state index in [1.54, 1.807) is 0 Å². The van der Waals surface area contributed by atoms with Gasteiger partial charge < -0.3 is 9.16 Å². The molecule has 1 fully saturated rings. The van der Waals surface area contributed by atoms with Crippen molar-refractivity contribution in [3.05, 3.63) is 0 Å². The molecule has 0 unspecified atom stereocenters. The van der Waals surface area contributed by atoms with E-state index in [0.717, 1.165) is 13.0 Å². The van der Waals surface area contributed by atoms with E-state index in [-0.39, 0.29) is 16.9 Å². The molecule has 0 bridgehead atoms. The van der Waals surface area contributed by atoms with Crippen molar-refractivity contribution < 1.29 is 14.0 Å². The van der Waals surface area contributed by atoms with Gasteiger partial charge in [0.15, 0.2) is 8.32 Å². The number of carbonyl (C=O) groups is 1. The van der Waals surface area contributed by atoms with E-state index < -0.39 is 8.32 Å². The van der Waals surface area contributed by atoms with Crippen molar-refractivity contribution in [2.45, 2.75) is 65.6 Å². The van der Waals surface area contributed by atoms with Gasteiger partial charge >= 0.3 is 5.97 Å². The lowest BCUT2D eigenvalue weighted by atomic mass is 9.83. The van der Waals surface area contributed by atoms with E-state index in [9.17, 15) is 4.79 Å². The summed E-state index contributed by atoms with van der Waals surface area (Å²) in [7, 11) is -0.234. The molecule has 1 aliphatic carbocycles. The highest BCUT2D eigenvalue weighted by Gasteiger charge is 2.43. The molecule has 1 rings (SSSR count). The molecule has 21 heavy (non-hydrogen) atoms. The Morgan fingerprint density at radius 2 is 1.86 bits per heavy atom. The third-order valence-electron chi connectivity index (χ3n) is 5.89. The summed E-state index contributed by atoms with van der Waals surface area (Å²) in [5.74, 6) is 1.41. The first kappa shape index (κ1) is 18.7. The third-order valence-corrected chi connectivity index (χ3v) is 10.4. The van der Waals surface area contributed by atoms with E-state index in [2.05, 4.69) is 40.8 Å². The summed E-state index contributed by atoms with van der Waals surface area (Å²) < 4.78 is 11.4. The fourth-order valence-corrected chi connectivity index (χ4v) is 4.14. The monoisotopic (exact) mass is 314 g/mol. The molecule has 0 aliphatic heterocycles. The molecule has 3 nitrogen and oxygen atoms in total. The first-order valence-electron chi connectivity index (χ1n) is 8.23. The van der Waals surface area contributed by atoms with Crippen LogP contribution in [0.2, 0.25) is 18.1 Å². The van der Waals surface area contributed by atoms with Gasteiger partial charge in [0.25, 0.3) is 0 Å². The molecule has 1 aliphatic rings. The molecule has 4 atom stereocenters. The Bertz CT molecular complexity index is 360. The maximum atomic E-state index is 11.9. The Hall–Kier alpha value is -0.353. The fraction of sp³-hybridized carbons (Fsp3) is 0.941. The molecular formula is C17H34O3Si. The largest absolute Gasteiger partial charge is 0.469 e. The maximum Gasteiger partial charge on any atom is 0.308 e. The van der Waals surface area contributed by atoms with Gasteiger partial charge in [0.05, 0.1) is 13.0 Å². The third kappa shape index (κ3) is 4.32. The lowest BCUT2D eigenvalue weighted by Gasteiger charge is -2.38. The van der Waals surface area contributed by atoms with Crippen LogP contribution in [0.3, 0.4) is 0 Å². The van der Waals surface area contributed by atoms with E-state index in [1.807, 2.05) is 6.92 Å². The van der Waals surface area contributed by atoms with Crippen molar-refractivity contribution in [1.29, 1.82) is 0 Å². The normalized spacial score (nSPS) is 28.5. The zero-order valence-corrected chi connectivity index (χ0v) is 16.2. The van der Waals surface area contributed by atoms with Gasteiger partial charge in [-0.15, -0.1) is 0 Å². The van der Waals surface area contributed by atoms with Crippen LogP contribution in [0.15, 0.2) is 0 Å². The molecule has 1 saturated carbocycles. The molecule has 0 amide bonds. The van der Waals surface area contributed by atoms with Gasteiger partial charge in [-0.1, -0.05) is 41.0 Å². The summed E-state index contributed by atoms with van der Waals surface area (Å²) in [6, 6.07) is 0. The van der Waals surface area contributed by atoms with Crippen LogP contribution in [0.25, 0.3) is 0 Å². The minimum atomic E-state index is -1.72. The van der Waals surface area contributed by atoms with Crippen LogP contribution < -0.4 is 0 Å². The van der Waals surface area contributed by atoms with Gasteiger partial charge in [-0.05, 0) is 42.3 Å². The van der Waals surface area contributed by atoms with Gasteiger partial charge in [0.2, 0.25) is 0 Å². The standard InChI is InChI=1S/C17H34O3Si/c1-12-9-10-14(13(2)16(18)19-6)15(12)11-20-21(7,8)17(3,4)5/h12-15H,9-11H2,1-8H3/t12-,13+,14+,15+/m0/s1. The summed E-state index contributed by atoms with van der Waals surface area (Å²) in [5, 5.41) is 0.234. The van der Waals surface area contributed by atoms with Crippen LogP contribution in [0, 0.1) is 23.7 Å². The van der Waals surface area contributed by atoms with Crippen molar-refractivity contribution in [2.24, 2.45) is 23.7 Å². The molecule has 0 spiro atoms. The first-order valence-corrected chi connectivity index (χ1v) is 11.1. The topological polar surface area (TPSA) is 35.5 Å². The lowest BCUT2D eigenvalue weighted by Crippen LogP contribution is -2.43. The molecule has 0 N–H and O–H groups in total. The molecular weight excluding hydrogens is 280 g/mol. The summed E-state index contributed by atoms with van der Waals surface area (Å²) in [5.41, 5.74) is 0. The van der Waals surface area contributed by atoms with Gasteiger partial charge in [-0.2, -0.15) is 0 Å². The Balaban J connectivity index is 2.73. The van der Waals surface area contributed by atoms with E-state index in [1.165, 1.54) is 13.5 Å². The molecule has 124 valence electrons. The van der Waals surface area contributed by atoms with Crippen molar-refractivity contribution in [1.82, 2.24) is 0 Å². The average Bonchev–Trinajstić information content (AvgIpc) is 2.74. The second-order valence-electron chi connectivity index (χ2n) is 8.27. The molecule has 0 saturated heterocycles. The predicted molar refractivity (Wildman–Crippen MR) is 89.7 cm³/mol. The van der Waals surface area contributed by atoms with E-state index >= 15 is 0 Å². The Kier molecular flexibility index (Phi) is 6.07. The van der Waals surface area contributed by atoms with E-state index in [4.69, 9.17) is 9.16 Å². The number of carbonyl (C=O) groups excluding carboxylic acids is 1. The highest BCUT2D eigenvalue weighted by atomic mass is 28.4. The smallest absolute Gasteiger partial charge is 0.308 e. The van der Waals surface area contributed by atoms with Crippen LogP contribution in [0.4, 0.5) is 0 Å². The van der Waals surface area contributed by atoms with Gasteiger partial charge in [-0.25, -0.2) is 0 Å². The summed E-state index contributed by atoms with van der Waals surface area (Å²) in [6.45, 7) is 16.5. The zero-order chi connectivity index (χ0) is 16.4. The quantitative estimate of drug-likeness (QED) is 0.554. The Morgan fingerprint density at radius 3 is 2.33 bits per heavy atom. The molecule has 0 radical (unpaired) electrons. The minimum absolute atomic E-state index is 0.0204. The molecule has 0 aromatic carbocycles. The lowest BCUT2D eigenvalue weighted by molar-refractivity contribution is -0.147. The molecule has 0 aromatic rings. The van der Waals surface area contributed by atoms with E-state index in [0.29, 0.717) is 17.8 Å². The number of esters is 1. The predicted octanol–water partition coefficient (Wildman–Crippen LogP) is 4.48. The summed E-state index contributed by atoms with van der Waals surface area (Å²) in [6.07, 6.45) is 2.31. The first-order chi connectivity index (χ1) is 9.51. The van der Waals surface area contributed by atoms with Crippen LogP contribution in [-0.2, 0) is 14.0 Å². The molecule has 4 heteroatoms. The number of hydrogen-bond donors (Lipinski definition) is 0. The van der Waals surface area contributed by atoms with Gasteiger partial charge in [0.1, 0.15) is 0 Å². The Morgan fingerprint density at radius 1 is 1.29 bits per heavy atom. The van der Waals surface area contributed by atoms with Crippen molar-refractivity contribution in [2.75, 3.05) is 13.7 Å². The highest BCUT2D eigenvalue weighted by Crippen LogP contribution is 2.43. The molecule has 0 aromatic heterocycles. The van der Waals surface area contributed by atoms with Gasteiger partial charge in [0, 0.05) is 6.61 Å². The zero-order valence-electron chi connectivity index (χ0n) is 15.2. The Labute approximate surface area is 131 Å². The highest BCUT2D eigenvalue weighted by molar-refractivity contribution is 6.74. The number of rotatable bonds is 5. The van der Waals surface area contributed by atoms with Crippen LogP contribution in [-0.4, -0.2) is 28.0 Å². The van der Waals surface area contributed by atoms with Crippen LogP contribution >= 0.6 is 0 Å². The van der Waals surface area contributed by atoms with Crippen LogP contribution in [0.1, 0.15) is 47.5 Å². The van der Waals surface area contributed by atoms with Crippen molar-refractivity contribution >= 4 is 14.3 Å².